The van der Waals surface area contributed by atoms with Crippen molar-refractivity contribution >= 4 is 0 Å². The van der Waals surface area contributed by atoms with Crippen molar-refractivity contribution in [2.75, 3.05) is 6.61 Å². The van der Waals surface area contributed by atoms with Gasteiger partial charge in [0, 0.05) is 0 Å². The average Bonchev–Trinajstić information content (AvgIpc) is 2.62. The molecule has 0 aliphatic carbocycles. The molecule has 0 aromatic heterocycles. The third-order valence-corrected chi connectivity index (χ3v) is 3.63. The average molecular weight is 239 g/mol. The zero-order valence-electron chi connectivity index (χ0n) is 10.8. The van der Waals surface area contributed by atoms with Gasteiger partial charge in [0.25, 0.3) is 0 Å². The van der Waals surface area contributed by atoms with Crippen LogP contribution in [0.4, 0.5) is 0 Å². The van der Waals surface area contributed by atoms with E-state index in [4.69, 9.17) is 19.5 Å². The Bertz CT molecular complexity index is 310. The zero-order valence-corrected chi connectivity index (χ0v) is 10.8. The number of rotatable bonds is 2. The van der Waals surface area contributed by atoms with Crippen LogP contribution in [0.1, 0.15) is 40.0 Å². The Kier molecular flexibility index (Phi) is 3.72. The van der Waals surface area contributed by atoms with Crippen molar-refractivity contribution in [2.45, 2.75) is 64.1 Å². The summed E-state index contributed by atoms with van der Waals surface area (Å²) in [6.45, 7) is 6.58. The standard InChI is InChI=1S/C13H21NO3/c1-9-4-5-11(16-10(9)6-7-14)12-8-15-13(2,3)17-12/h9-12H,4-6,8H2,1-3H3/t9-,10-,11-,12?/m1/s1. The Morgan fingerprint density at radius 1 is 1.29 bits per heavy atom. The Hall–Kier alpha value is -0.630. The van der Waals surface area contributed by atoms with Gasteiger partial charge in [0.2, 0.25) is 0 Å². The number of ether oxygens (including phenoxy) is 3. The molecule has 0 bridgehead atoms. The van der Waals surface area contributed by atoms with Crippen LogP contribution in [0.2, 0.25) is 0 Å². The molecule has 0 spiro atoms. The third kappa shape index (κ3) is 2.98. The molecule has 0 radical (unpaired) electrons. The second-order valence-electron chi connectivity index (χ2n) is 5.50. The van der Waals surface area contributed by atoms with Crippen molar-refractivity contribution in [3.63, 3.8) is 0 Å². The summed E-state index contributed by atoms with van der Waals surface area (Å²) in [6.07, 6.45) is 2.69. The zero-order chi connectivity index (χ0) is 12.5. The minimum atomic E-state index is -0.498. The van der Waals surface area contributed by atoms with Crippen LogP contribution in [0.5, 0.6) is 0 Å². The summed E-state index contributed by atoms with van der Waals surface area (Å²) in [4.78, 5) is 0. The molecule has 2 saturated heterocycles. The summed E-state index contributed by atoms with van der Waals surface area (Å²) in [7, 11) is 0. The highest BCUT2D eigenvalue weighted by molar-refractivity contribution is 4.88. The van der Waals surface area contributed by atoms with E-state index in [-0.39, 0.29) is 18.3 Å². The van der Waals surface area contributed by atoms with Gasteiger partial charge in [-0.25, -0.2) is 0 Å². The van der Waals surface area contributed by atoms with E-state index in [9.17, 15) is 0 Å². The molecule has 0 aromatic rings. The van der Waals surface area contributed by atoms with Crippen LogP contribution < -0.4 is 0 Å². The molecular formula is C13H21NO3. The molecule has 96 valence electrons. The normalized spacial score (nSPS) is 41.1. The lowest BCUT2D eigenvalue weighted by atomic mass is 9.90. The van der Waals surface area contributed by atoms with Crippen molar-refractivity contribution in [1.29, 1.82) is 5.26 Å². The minimum Gasteiger partial charge on any atom is -0.371 e. The van der Waals surface area contributed by atoms with Crippen molar-refractivity contribution in [1.82, 2.24) is 0 Å². The van der Waals surface area contributed by atoms with Crippen molar-refractivity contribution in [3.05, 3.63) is 0 Å². The summed E-state index contributed by atoms with van der Waals surface area (Å²) in [5, 5.41) is 8.79. The second-order valence-corrected chi connectivity index (χ2v) is 5.50. The predicted molar refractivity (Wildman–Crippen MR) is 62.2 cm³/mol. The van der Waals surface area contributed by atoms with Gasteiger partial charge in [-0.05, 0) is 32.6 Å². The van der Waals surface area contributed by atoms with E-state index in [1.807, 2.05) is 13.8 Å². The summed E-state index contributed by atoms with van der Waals surface area (Å²) < 4.78 is 17.4. The lowest BCUT2D eigenvalue weighted by Crippen LogP contribution is -2.41. The summed E-state index contributed by atoms with van der Waals surface area (Å²) in [5.74, 6) is -0.0387. The molecule has 4 heteroatoms. The molecule has 0 saturated carbocycles. The van der Waals surface area contributed by atoms with Gasteiger partial charge in [-0.2, -0.15) is 5.26 Å². The fourth-order valence-electron chi connectivity index (χ4n) is 2.55. The Morgan fingerprint density at radius 2 is 2.06 bits per heavy atom. The molecule has 0 amide bonds. The first-order chi connectivity index (χ1) is 8.02. The summed E-state index contributed by atoms with van der Waals surface area (Å²) >= 11 is 0. The fourth-order valence-corrected chi connectivity index (χ4v) is 2.55. The summed E-state index contributed by atoms with van der Waals surface area (Å²) in [5.41, 5.74) is 0. The van der Waals surface area contributed by atoms with Gasteiger partial charge in [0.05, 0.1) is 31.3 Å². The van der Waals surface area contributed by atoms with Gasteiger partial charge >= 0.3 is 0 Å². The molecular weight excluding hydrogens is 218 g/mol. The topological polar surface area (TPSA) is 51.5 Å². The maximum atomic E-state index is 8.79. The van der Waals surface area contributed by atoms with Gasteiger partial charge in [0.15, 0.2) is 5.79 Å². The van der Waals surface area contributed by atoms with Gasteiger partial charge in [-0.1, -0.05) is 6.92 Å². The first-order valence-electron chi connectivity index (χ1n) is 6.36. The second kappa shape index (κ2) is 4.93. The summed E-state index contributed by atoms with van der Waals surface area (Å²) in [6, 6.07) is 2.20. The van der Waals surface area contributed by atoms with E-state index in [0.29, 0.717) is 18.9 Å². The molecule has 2 aliphatic rings. The lowest BCUT2D eigenvalue weighted by Gasteiger charge is -2.36. The van der Waals surface area contributed by atoms with Crippen LogP contribution in [-0.2, 0) is 14.2 Å². The first kappa shape index (κ1) is 12.8. The number of nitrogens with zero attached hydrogens (tertiary/aromatic N) is 1. The number of hydrogen-bond acceptors (Lipinski definition) is 4. The molecule has 4 nitrogen and oxygen atoms in total. The minimum absolute atomic E-state index is 0.0127. The predicted octanol–water partition coefficient (Wildman–Crippen LogP) is 2.24. The number of nitriles is 1. The molecule has 0 N–H and O–H groups in total. The van der Waals surface area contributed by atoms with Gasteiger partial charge < -0.3 is 14.2 Å². The van der Waals surface area contributed by atoms with Crippen molar-refractivity contribution < 1.29 is 14.2 Å². The smallest absolute Gasteiger partial charge is 0.163 e. The molecule has 1 unspecified atom stereocenters. The van der Waals surface area contributed by atoms with E-state index in [0.717, 1.165) is 12.8 Å². The number of hydrogen-bond donors (Lipinski definition) is 0. The molecule has 17 heavy (non-hydrogen) atoms. The largest absolute Gasteiger partial charge is 0.371 e. The Balaban J connectivity index is 1.93. The van der Waals surface area contributed by atoms with Crippen LogP contribution in [0.25, 0.3) is 0 Å². The highest BCUT2D eigenvalue weighted by Gasteiger charge is 2.41. The van der Waals surface area contributed by atoms with Gasteiger partial charge in [-0.3, -0.25) is 0 Å². The fraction of sp³-hybridized carbons (Fsp3) is 0.923. The van der Waals surface area contributed by atoms with Crippen LogP contribution >= 0.6 is 0 Å². The van der Waals surface area contributed by atoms with E-state index in [1.165, 1.54) is 0 Å². The Morgan fingerprint density at radius 3 is 2.65 bits per heavy atom. The molecule has 2 fully saturated rings. The van der Waals surface area contributed by atoms with E-state index in [1.54, 1.807) is 0 Å². The molecule has 2 aliphatic heterocycles. The van der Waals surface area contributed by atoms with Gasteiger partial charge in [-0.15, -0.1) is 0 Å². The monoisotopic (exact) mass is 239 g/mol. The van der Waals surface area contributed by atoms with Gasteiger partial charge in [0.1, 0.15) is 6.10 Å². The quantitative estimate of drug-likeness (QED) is 0.741. The van der Waals surface area contributed by atoms with Crippen LogP contribution in [0.15, 0.2) is 0 Å². The maximum absolute atomic E-state index is 8.79. The third-order valence-electron chi connectivity index (χ3n) is 3.63. The molecule has 0 aromatic carbocycles. The molecule has 2 rings (SSSR count). The highest BCUT2D eigenvalue weighted by atomic mass is 16.7. The van der Waals surface area contributed by atoms with Crippen molar-refractivity contribution in [3.8, 4) is 6.07 Å². The maximum Gasteiger partial charge on any atom is 0.163 e. The van der Waals surface area contributed by atoms with Crippen LogP contribution in [0, 0.1) is 17.2 Å². The lowest BCUT2D eigenvalue weighted by molar-refractivity contribution is -0.175. The van der Waals surface area contributed by atoms with E-state index >= 15 is 0 Å². The van der Waals surface area contributed by atoms with E-state index in [2.05, 4.69) is 13.0 Å². The molecule has 2 heterocycles. The first-order valence-corrected chi connectivity index (χ1v) is 6.36. The van der Waals surface area contributed by atoms with Crippen molar-refractivity contribution in [2.24, 2.45) is 5.92 Å². The van der Waals surface area contributed by atoms with Crippen LogP contribution in [0.3, 0.4) is 0 Å². The molecule has 4 atom stereocenters. The van der Waals surface area contributed by atoms with E-state index < -0.39 is 5.79 Å². The highest BCUT2D eigenvalue weighted by Crippen LogP contribution is 2.33. The Labute approximate surface area is 103 Å². The van der Waals surface area contributed by atoms with Crippen LogP contribution in [-0.4, -0.2) is 30.7 Å². The SMILES string of the molecule is C[C@@H]1CC[C@H](C2COC(C)(C)O2)O[C@@H]1CC#N.